The fourth-order valence-electron chi connectivity index (χ4n) is 3.53. The van der Waals surface area contributed by atoms with Gasteiger partial charge < -0.3 is 14.5 Å². The average Bonchev–Trinajstić information content (AvgIpc) is 2.75. The number of halogens is 1. The molecule has 0 aliphatic carbocycles. The lowest BCUT2D eigenvalue weighted by atomic mass is 10.2. The standard InChI is InChI=1S/C22H25ClN4O2/c1-29-21-10-5-4-9-20(21)27(12-6-11-24)22(28)17-25-13-15-26(16-14-25)19-8-3-2-7-18(19)23/h2-5,7-10H,6,12-17H2,1H3. The summed E-state index contributed by atoms with van der Waals surface area (Å²) in [5.41, 5.74) is 1.73. The van der Waals surface area contributed by atoms with E-state index in [1.165, 1.54) is 0 Å². The molecule has 0 spiro atoms. The number of nitriles is 1. The molecule has 1 saturated heterocycles. The monoisotopic (exact) mass is 412 g/mol. The van der Waals surface area contributed by atoms with E-state index in [1.54, 1.807) is 12.0 Å². The Morgan fingerprint density at radius 1 is 1.14 bits per heavy atom. The molecule has 1 aliphatic heterocycles. The third kappa shape index (κ3) is 5.20. The number of benzene rings is 2. The van der Waals surface area contributed by atoms with Crippen LogP contribution in [0.25, 0.3) is 0 Å². The molecular formula is C22H25ClN4O2. The Labute approximate surface area is 176 Å². The Hall–Kier alpha value is -2.75. The Morgan fingerprint density at radius 3 is 2.52 bits per heavy atom. The van der Waals surface area contributed by atoms with Crippen LogP contribution < -0.4 is 14.5 Å². The van der Waals surface area contributed by atoms with E-state index in [1.807, 2.05) is 48.5 Å². The maximum atomic E-state index is 13.1. The number of rotatable bonds is 7. The number of methoxy groups -OCH3 is 1. The van der Waals surface area contributed by atoms with E-state index in [-0.39, 0.29) is 12.3 Å². The van der Waals surface area contributed by atoms with Crippen LogP contribution in [0.15, 0.2) is 48.5 Å². The highest BCUT2D eigenvalue weighted by atomic mass is 35.5. The zero-order valence-electron chi connectivity index (χ0n) is 16.6. The number of ether oxygens (including phenoxy) is 1. The van der Waals surface area contributed by atoms with Crippen LogP contribution in [-0.2, 0) is 4.79 Å². The van der Waals surface area contributed by atoms with Crippen LogP contribution in [0, 0.1) is 11.3 Å². The molecule has 7 heteroatoms. The summed E-state index contributed by atoms with van der Waals surface area (Å²) in [6, 6.07) is 17.4. The molecule has 2 aromatic rings. The van der Waals surface area contributed by atoms with Crippen molar-refractivity contribution in [1.82, 2.24) is 4.90 Å². The van der Waals surface area contributed by atoms with Gasteiger partial charge in [-0.3, -0.25) is 9.69 Å². The number of carbonyl (C=O) groups excluding carboxylic acids is 1. The van der Waals surface area contributed by atoms with Crippen molar-refractivity contribution in [3.63, 3.8) is 0 Å². The van der Waals surface area contributed by atoms with E-state index >= 15 is 0 Å². The van der Waals surface area contributed by atoms with E-state index in [0.717, 1.165) is 36.9 Å². The van der Waals surface area contributed by atoms with Crippen molar-refractivity contribution in [3.05, 3.63) is 53.6 Å². The molecule has 152 valence electrons. The van der Waals surface area contributed by atoms with Crippen LogP contribution in [0.4, 0.5) is 11.4 Å². The smallest absolute Gasteiger partial charge is 0.241 e. The van der Waals surface area contributed by atoms with Crippen molar-refractivity contribution in [2.45, 2.75) is 6.42 Å². The normalized spacial score (nSPS) is 14.3. The first-order chi connectivity index (χ1) is 14.1. The molecule has 0 saturated carbocycles. The van der Waals surface area contributed by atoms with Gasteiger partial charge in [-0.15, -0.1) is 0 Å². The van der Waals surface area contributed by atoms with Gasteiger partial charge in [-0.2, -0.15) is 5.26 Å². The van der Waals surface area contributed by atoms with Crippen LogP contribution in [0.3, 0.4) is 0 Å². The lowest BCUT2D eigenvalue weighted by Gasteiger charge is -2.37. The highest BCUT2D eigenvalue weighted by Crippen LogP contribution is 2.29. The maximum Gasteiger partial charge on any atom is 0.241 e. The van der Waals surface area contributed by atoms with Crippen LogP contribution in [-0.4, -0.2) is 57.2 Å². The quantitative estimate of drug-likeness (QED) is 0.697. The molecule has 1 amide bonds. The molecule has 0 N–H and O–H groups in total. The van der Waals surface area contributed by atoms with E-state index in [2.05, 4.69) is 15.9 Å². The molecule has 6 nitrogen and oxygen atoms in total. The highest BCUT2D eigenvalue weighted by Gasteiger charge is 2.24. The maximum absolute atomic E-state index is 13.1. The molecule has 2 aromatic carbocycles. The summed E-state index contributed by atoms with van der Waals surface area (Å²) in [5, 5.41) is 9.75. The van der Waals surface area contributed by atoms with Crippen molar-refractivity contribution in [2.24, 2.45) is 0 Å². The average molecular weight is 413 g/mol. The van der Waals surface area contributed by atoms with Crippen molar-refractivity contribution in [3.8, 4) is 11.8 Å². The molecule has 0 aromatic heterocycles. The predicted octanol–water partition coefficient (Wildman–Crippen LogP) is 3.42. The number of anilines is 2. The number of piperazine rings is 1. The van der Waals surface area contributed by atoms with Crippen LogP contribution in [0.2, 0.25) is 5.02 Å². The molecular weight excluding hydrogens is 388 g/mol. The Morgan fingerprint density at radius 2 is 1.83 bits per heavy atom. The molecule has 0 radical (unpaired) electrons. The summed E-state index contributed by atoms with van der Waals surface area (Å²) < 4.78 is 5.41. The fraction of sp³-hybridized carbons (Fsp3) is 0.364. The third-order valence-corrected chi connectivity index (χ3v) is 5.37. The first-order valence-corrected chi connectivity index (χ1v) is 10.0. The first kappa shape index (κ1) is 21.0. The summed E-state index contributed by atoms with van der Waals surface area (Å²) in [7, 11) is 1.58. The number of nitrogens with zero attached hydrogens (tertiary/aromatic N) is 4. The first-order valence-electron chi connectivity index (χ1n) is 9.66. The zero-order chi connectivity index (χ0) is 20.6. The predicted molar refractivity (Wildman–Crippen MR) is 116 cm³/mol. The van der Waals surface area contributed by atoms with Crippen molar-refractivity contribution in [2.75, 3.05) is 56.2 Å². The SMILES string of the molecule is COc1ccccc1N(CCC#N)C(=O)CN1CCN(c2ccccc2Cl)CC1. The van der Waals surface area contributed by atoms with Gasteiger partial charge in [-0.25, -0.2) is 0 Å². The molecule has 1 heterocycles. The van der Waals surface area contributed by atoms with Crippen molar-refractivity contribution >= 4 is 28.9 Å². The number of amides is 1. The van der Waals surface area contributed by atoms with Crippen LogP contribution in [0.5, 0.6) is 5.75 Å². The van der Waals surface area contributed by atoms with E-state index in [9.17, 15) is 4.79 Å². The summed E-state index contributed by atoms with van der Waals surface area (Å²) in [6.45, 7) is 3.81. The molecule has 0 atom stereocenters. The van der Waals surface area contributed by atoms with E-state index in [0.29, 0.717) is 24.5 Å². The minimum atomic E-state index is -0.0315. The van der Waals surface area contributed by atoms with Gasteiger partial charge in [0.25, 0.3) is 0 Å². The van der Waals surface area contributed by atoms with Crippen molar-refractivity contribution in [1.29, 1.82) is 5.26 Å². The van der Waals surface area contributed by atoms with Gasteiger partial charge in [0.1, 0.15) is 5.75 Å². The van der Waals surface area contributed by atoms with Gasteiger partial charge in [-0.05, 0) is 24.3 Å². The zero-order valence-corrected chi connectivity index (χ0v) is 17.3. The topological polar surface area (TPSA) is 59.8 Å². The molecule has 1 aliphatic rings. The summed E-state index contributed by atoms with van der Waals surface area (Å²) in [5.74, 6) is 0.596. The van der Waals surface area contributed by atoms with Gasteiger partial charge in [0.2, 0.25) is 5.91 Å². The molecule has 0 bridgehead atoms. The molecule has 0 unspecified atom stereocenters. The second-order valence-electron chi connectivity index (χ2n) is 6.84. The lowest BCUT2D eigenvalue weighted by Crippen LogP contribution is -2.50. The van der Waals surface area contributed by atoms with E-state index < -0.39 is 0 Å². The number of para-hydroxylation sites is 3. The highest BCUT2D eigenvalue weighted by molar-refractivity contribution is 6.33. The van der Waals surface area contributed by atoms with Gasteiger partial charge in [0, 0.05) is 32.7 Å². The molecule has 3 rings (SSSR count). The minimum absolute atomic E-state index is 0.0315. The Balaban J connectivity index is 1.65. The number of hydrogen-bond acceptors (Lipinski definition) is 5. The number of hydrogen-bond donors (Lipinski definition) is 0. The van der Waals surface area contributed by atoms with E-state index in [4.69, 9.17) is 21.6 Å². The van der Waals surface area contributed by atoms with Gasteiger partial charge in [0.15, 0.2) is 0 Å². The summed E-state index contributed by atoms with van der Waals surface area (Å²) in [4.78, 5) is 19.1. The van der Waals surface area contributed by atoms with Gasteiger partial charge in [-0.1, -0.05) is 35.9 Å². The van der Waals surface area contributed by atoms with Gasteiger partial charge >= 0.3 is 0 Å². The van der Waals surface area contributed by atoms with Crippen molar-refractivity contribution < 1.29 is 9.53 Å². The van der Waals surface area contributed by atoms with Gasteiger partial charge in [0.05, 0.1) is 42.5 Å². The summed E-state index contributed by atoms with van der Waals surface area (Å²) >= 11 is 6.31. The second kappa shape index (κ2) is 10.1. The third-order valence-electron chi connectivity index (χ3n) is 5.05. The largest absolute Gasteiger partial charge is 0.495 e. The Bertz CT molecular complexity index is 875. The summed E-state index contributed by atoms with van der Waals surface area (Å²) in [6.07, 6.45) is 0.268. The second-order valence-corrected chi connectivity index (χ2v) is 7.25. The lowest BCUT2D eigenvalue weighted by molar-refractivity contribution is -0.119. The fourth-order valence-corrected chi connectivity index (χ4v) is 3.78. The molecule has 1 fully saturated rings. The van der Waals surface area contributed by atoms with Crippen LogP contribution in [0.1, 0.15) is 6.42 Å². The molecule has 29 heavy (non-hydrogen) atoms. The minimum Gasteiger partial charge on any atom is -0.495 e. The van der Waals surface area contributed by atoms with Crippen LogP contribution >= 0.6 is 11.6 Å². The Kier molecular flexibility index (Phi) is 7.34. The number of carbonyl (C=O) groups is 1.